The van der Waals surface area contributed by atoms with E-state index in [4.69, 9.17) is 4.74 Å². The van der Waals surface area contributed by atoms with Gasteiger partial charge in [-0.15, -0.1) is 0 Å². The second-order valence-corrected chi connectivity index (χ2v) is 5.93. The number of nitrogens with zero attached hydrogens (tertiary/aromatic N) is 1. The van der Waals surface area contributed by atoms with Crippen molar-refractivity contribution in [2.75, 3.05) is 0 Å². The molecule has 3 rings (SSSR count). The molecule has 108 valence electrons. The number of pyridine rings is 1. The molecule has 2 heterocycles. The lowest BCUT2D eigenvalue weighted by Crippen LogP contribution is -2.35. The van der Waals surface area contributed by atoms with Crippen molar-refractivity contribution in [1.82, 2.24) is 4.98 Å². The highest BCUT2D eigenvalue weighted by molar-refractivity contribution is 5.88. The fourth-order valence-electron chi connectivity index (χ4n) is 2.83. The molecule has 0 amide bonds. The Kier molecular flexibility index (Phi) is 3.16. The van der Waals surface area contributed by atoms with E-state index in [0.29, 0.717) is 0 Å². The summed E-state index contributed by atoms with van der Waals surface area (Å²) in [5.41, 5.74) is 1.81. The highest BCUT2D eigenvalue weighted by atomic mass is 16.5. The summed E-state index contributed by atoms with van der Waals surface area (Å²) >= 11 is 0. The second-order valence-electron chi connectivity index (χ2n) is 5.93. The van der Waals surface area contributed by atoms with Crippen LogP contribution in [0.15, 0.2) is 42.6 Å². The fourth-order valence-corrected chi connectivity index (χ4v) is 2.83. The summed E-state index contributed by atoms with van der Waals surface area (Å²) < 4.78 is 5.99. The fraction of sp³-hybridized carbons (Fsp3) is 0.294. The van der Waals surface area contributed by atoms with Gasteiger partial charge in [-0.1, -0.05) is 6.07 Å². The molecule has 1 N–H and O–H groups in total. The van der Waals surface area contributed by atoms with Gasteiger partial charge in [-0.2, -0.15) is 0 Å². The third kappa shape index (κ3) is 2.61. The molecule has 0 aliphatic carbocycles. The number of hydrogen-bond acceptors (Lipinski definition) is 3. The first-order valence-electron chi connectivity index (χ1n) is 6.93. The van der Waals surface area contributed by atoms with Crippen molar-refractivity contribution in [1.29, 1.82) is 0 Å². The minimum atomic E-state index is -0.928. The highest BCUT2D eigenvalue weighted by Gasteiger charge is 2.35. The molecule has 21 heavy (non-hydrogen) atoms. The molecule has 1 atom stereocenters. The monoisotopic (exact) mass is 283 g/mol. The van der Waals surface area contributed by atoms with Gasteiger partial charge in [0.15, 0.2) is 0 Å². The maximum atomic E-state index is 11.2. The van der Waals surface area contributed by atoms with Crippen molar-refractivity contribution >= 4 is 5.97 Å². The third-order valence-corrected chi connectivity index (χ3v) is 3.76. The minimum Gasteiger partial charge on any atom is -0.488 e. The summed E-state index contributed by atoms with van der Waals surface area (Å²) in [6.45, 7) is 4.08. The standard InChI is InChI=1S/C17H17NO3/c1-17(2)10-13(14-5-3-4-8-18-14)12-9-11(16(19)20)6-7-15(12)21-17/h3-9,13H,10H2,1-2H3,(H,19,20). The van der Waals surface area contributed by atoms with Crippen LogP contribution in [0.2, 0.25) is 0 Å². The first kappa shape index (κ1) is 13.6. The zero-order valence-electron chi connectivity index (χ0n) is 12.0. The van der Waals surface area contributed by atoms with E-state index in [0.717, 1.165) is 23.4 Å². The lowest BCUT2D eigenvalue weighted by Gasteiger charge is -2.37. The van der Waals surface area contributed by atoms with Gasteiger partial charge in [-0.25, -0.2) is 4.79 Å². The lowest BCUT2D eigenvalue weighted by molar-refractivity contribution is 0.0693. The van der Waals surface area contributed by atoms with E-state index in [9.17, 15) is 9.90 Å². The van der Waals surface area contributed by atoms with Gasteiger partial charge in [-0.05, 0) is 50.6 Å². The summed E-state index contributed by atoms with van der Waals surface area (Å²) in [5, 5.41) is 9.19. The third-order valence-electron chi connectivity index (χ3n) is 3.76. The van der Waals surface area contributed by atoms with Crippen LogP contribution >= 0.6 is 0 Å². The summed E-state index contributed by atoms with van der Waals surface area (Å²) in [6.07, 6.45) is 2.53. The number of carboxylic acids is 1. The van der Waals surface area contributed by atoms with Gasteiger partial charge >= 0.3 is 5.97 Å². The molecule has 4 nitrogen and oxygen atoms in total. The maximum Gasteiger partial charge on any atom is 0.335 e. The molecule has 0 spiro atoms. The predicted molar refractivity (Wildman–Crippen MR) is 78.8 cm³/mol. The number of aromatic nitrogens is 1. The molecule has 0 saturated carbocycles. The van der Waals surface area contributed by atoms with Gasteiger partial charge < -0.3 is 9.84 Å². The quantitative estimate of drug-likeness (QED) is 0.916. The number of carboxylic acid groups (broad SMARTS) is 1. The van der Waals surface area contributed by atoms with E-state index in [1.807, 2.05) is 32.0 Å². The molecule has 1 aliphatic rings. The highest BCUT2D eigenvalue weighted by Crippen LogP contribution is 2.43. The average Bonchev–Trinajstić information content (AvgIpc) is 2.46. The maximum absolute atomic E-state index is 11.2. The summed E-state index contributed by atoms with van der Waals surface area (Å²) in [4.78, 5) is 15.6. The molecule has 1 unspecified atom stereocenters. The molecule has 1 aromatic heterocycles. The lowest BCUT2D eigenvalue weighted by atomic mass is 9.81. The van der Waals surface area contributed by atoms with E-state index in [1.54, 1.807) is 24.4 Å². The SMILES string of the molecule is CC1(C)CC(c2ccccn2)c2cc(C(=O)O)ccc2O1. The van der Waals surface area contributed by atoms with Crippen LogP contribution < -0.4 is 4.74 Å². The Labute approximate surface area is 123 Å². The number of fused-ring (bicyclic) bond motifs is 1. The van der Waals surface area contributed by atoms with Gasteiger partial charge in [0, 0.05) is 23.4 Å². The smallest absolute Gasteiger partial charge is 0.335 e. The van der Waals surface area contributed by atoms with Crippen LogP contribution in [0.1, 0.15) is 47.8 Å². The van der Waals surface area contributed by atoms with Gasteiger partial charge in [-0.3, -0.25) is 4.98 Å². The Morgan fingerprint density at radius 1 is 1.33 bits per heavy atom. The first-order valence-corrected chi connectivity index (χ1v) is 6.93. The zero-order valence-corrected chi connectivity index (χ0v) is 12.0. The number of aromatic carboxylic acids is 1. The summed E-state index contributed by atoms with van der Waals surface area (Å²) in [7, 11) is 0. The van der Waals surface area contributed by atoms with Crippen LogP contribution in [0.4, 0.5) is 0 Å². The van der Waals surface area contributed by atoms with E-state index in [1.165, 1.54) is 0 Å². The molecule has 0 bridgehead atoms. The van der Waals surface area contributed by atoms with E-state index in [-0.39, 0.29) is 17.1 Å². The van der Waals surface area contributed by atoms with Crippen molar-refractivity contribution < 1.29 is 14.6 Å². The Hall–Kier alpha value is -2.36. The molecular weight excluding hydrogens is 266 g/mol. The van der Waals surface area contributed by atoms with Crippen molar-refractivity contribution in [2.24, 2.45) is 0 Å². The predicted octanol–water partition coefficient (Wildman–Crippen LogP) is 3.47. The van der Waals surface area contributed by atoms with Crippen molar-refractivity contribution in [3.05, 3.63) is 59.4 Å². The number of ether oxygens (including phenoxy) is 1. The van der Waals surface area contributed by atoms with Gasteiger partial charge in [0.1, 0.15) is 11.4 Å². The Morgan fingerprint density at radius 3 is 2.81 bits per heavy atom. The Bertz CT molecular complexity index is 680. The molecule has 0 saturated heterocycles. The molecule has 2 aromatic rings. The number of carbonyl (C=O) groups is 1. The summed E-state index contributed by atoms with van der Waals surface area (Å²) in [5.74, 6) is -0.140. The molecular formula is C17H17NO3. The minimum absolute atomic E-state index is 0.0456. The van der Waals surface area contributed by atoms with Crippen LogP contribution in [0.25, 0.3) is 0 Å². The van der Waals surface area contributed by atoms with Crippen LogP contribution in [0.3, 0.4) is 0 Å². The Balaban J connectivity index is 2.13. The number of benzene rings is 1. The molecule has 0 fully saturated rings. The van der Waals surface area contributed by atoms with Gasteiger partial charge in [0.05, 0.1) is 5.56 Å². The van der Waals surface area contributed by atoms with Gasteiger partial charge in [0.25, 0.3) is 0 Å². The van der Waals surface area contributed by atoms with E-state index in [2.05, 4.69) is 4.98 Å². The van der Waals surface area contributed by atoms with Crippen molar-refractivity contribution in [3.8, 4) is 5.75 Å². The first-order chi connectivity index (χ1) is 9.96. The largest absolute Gasteiger partial charge is 0.488 e. The van der Waals surface area contributed by atoms with Crippen LogP contribution in [-0.4, -0.2) is 21.7 Å². The van der Waals surface area contributed by atoms with Crippen LogP contribution in [0.5, 0.6) is 5.75 Å². The van der Waals surface area contributed by atoms with E-state index < -0.39 is 5.97 Å². The zero-order chi connectivity index (χ0) is 15.0. The normalized spacial score (nSPS) is 19.4. The average molecular weight is 283 g/mol. The summed E-state index contributed by atoms with van der Waals surface area (Å²) in [6, 6.07) is 10.8. The number of rotatable bonds is 2. The molecule has 0 radical (unpaired) electrons. The molecule has 1 aliphatic heterocycles. The van der Waals surface area contributed by atoms with Crippen LogP contribution in [-0.2, 0) is 0 Å². The second kappa shape index (κ2) is 4.88. The van der Waals surface area contributed by atoms with Crippen LogP contribution in [0, 0.1) is 0 Å². The van der Waals surface area contributed by atoms with Crippen molar-refractivity contribution in [2.45, 2.75) is 31.8 Å². The van der Waals surface area contributed by atoms with Gasteiger partial charge in [0.2, 0.25) is 0 Å². The molecule has 1 aromatic carbocycles. The Morgan fingerprint density at radius 2 is 2.14 bits per heavy atom. The van der Waals surface area contributed by atoms with E-state index >= 15 is 0 Å². The number of hydrogen-bond donors (Lipinski definition) is 1. The van der Waals surface area contributed by atoms with Crippen molar-refractivity contribution in [3.63, 3.8) is 0 Å². The molecule has 4 heteroatoms. The topological polar surface area (TPSA) is 59.4 Å².